The van der Waals surface area contributed by atoms with Gasteiger partial charge in [0.2, 0.25) is 0 Å². The molecule has 3 rings (SSSR count). The molecule has 20 heavy (non-hydrogen) atoms. The lowest BCUT2D eigenvalue weighted by atomic mass is 10.3. The number of rotatable bonds is 3. The van der Waals surface area contributed by atoms with Crippen LogP contribution in [0.25, 0.3) is 10.2 Å². The third kappa shape index (κ3) is 2.30. The fourth-order valence-electron chi connectivity index (χ4n) is 2.09. The molecule has 1 aromatic carbocycles. The van der Waals surface area contributed by atoms with Crippen molar-refractivity contribution in [3.63, 3.8) is 0 Å². The molecular weight excluding hydrogens is 272 g/mol. The summed E-state index contributed by atoms with van der Waals surface area (Å²) in [6.45, 7) is 4.59. The summed E-state index contributed by atoms with van der Waals surface area (Å²) in [4.78, 5) is 16.6. The summed E-state index contributed by atoms with van der Waals surface area (Å²) >= 11 is 1.65. The van der Waals surface area contributed by atoms with E-state index in [2.05, 4.69) is 15.4 Å². The van der Waals surface area contributed by atoms with E-state index in [9.17, 15) is 4.79 Å². The van der Waals surface area contributed by atoms with Crippen LogP contribution >= 0.6 is 11.3 Å². The highest BCUT2D eigenvalue weighted by molar-refractivity contribution is 7.18. The standard InChI is InChI=1S/C14H14N4OS/c1-3-18-12(6-7-15-18)14(19)17-10-4-5-13-11(8-10)16-9(2)20-13/h4-8H,3H2,1-2H3,(H,17,19). The SMILES string of the molecule is CCn1nccc1C(=O)Nc1ccc2sc(C)nc2c1. The Morgan fingerprint density at radius 3 is 3.05 bits per heavy atom. The Morgan fingerprint density at radius 2 is 2.25 bits per heavy atom. The van der Waals surface area contributed by atoms with E-state index < -0.39 is 0 Å². The molecule has 0 fully saturated rings. The molecule has 6 heteroatoms. The van der Waals surface area contributed by atoms with E-state index in [1.165, 1.54) is 0 Å². The van der Waals surface area contributed by atoms with Gasteiger partial charge in [-0.1, -0.05) is 0 Å². The predicted molar refractivity (Wildman–Crippen MR) is 80.2 cm³/mol. The first kappa shape index (κ1) is 12.8. The monoisotopic (exact) mass is 286 g/mol. The van der Waals surface area contributed by atoms with Crippen LogP contribution in [0, 0.1) is 6.92 Å². The molecule has 0 bridgehead atoms. The summed E-state index contributed by atoms with van der Waals surface area (Å²) in [7, 11) is 0. The van der Waals surface area contributed by atoms with Crippen molar-refractivity contribution in [2.45, 2.75) is 20.4 Å². The molecule has 102 valence electrons. The van der Waals surface area contributed by atoms with Crippen molar-refractivity contribution in [2.24, 2.45) is 0 Å². The van der Waals surface area contributed by atoms with Crippen LogP contribution in [-0.2, 0) is 6.54 Å². The van der Waals surface area contributed by atoms with Crippen LogP contribution in [0.15, 0.2) is 30.5 Å². The number of hydrogen-bond acceptors (Lipinski definition) is 4. The minimum absolute atomic E-state index is 0.157. The molecule has 0 aliphatic carbocycles. The number of aryl methyl sites for hydroxylation is 2. The number of nitrogens with zero attached hydrogens (tertiary/aromatic N) is 3. The smallest absolute Gasteiger partial charge is 0.273 e. The molecule has 2 heterocycles. The molecule has 0 aliphatic heterocycles. The number of carbonyl (C=O) groups is 1. The molecule has 0 saturated heterocycles. The average molecular weight is 286 g/mol. The van der Waals surface area contributed by atoms with Crippen molar-refractivity contribution in [3.05, 3.63) is 41.2 Å². The largest absolute Gasteiger partial charge is 0.321 e. The van der Waals surface area contributed by atoms with Crippen LogP contribution in [0.1, 0.15) is 22.4 Å². The molecule has 3 aromatic rings. The van der Waals surface area contributed by atoms with E-state index in [0.29, 0.717) is 12.2 Å². The molecule has 2 aromatic heterocycles. The quantitative estimate of drug-likeness (QED) is 0.805. The summed E-state index contributed by atoms with van der Waals surface area (Å²) in [5.74, 6) is -0.157. The second kappa shape index (κ2) is 5.05. The Morgan fingerprint density at radius 1 is 1.40 bits per heavy atom. The van der Waals surface area contributed by atoms with Crippen LogP contribution in [-0.4, -0.2) is 20.7 Å². The maximum Gasteiger partial charge on any atom is 0.273 e. The minimum Gasteiger partial charge on any atom is -0.321 e. The van der Waals surface area contributed by atoms with Crippen molar-refractivity contribution in [2.75, 3.05) is 5.32 Å². The van der Waals surface area contributed by atoms with Crippen LogP contribution in [0.5, 0.6) is 0 Å². The van der Waals surface area contributed by atoms with Gasteiger partial charge < -0.3 is 5.32 Å². The van der Waals surface area contributed by atoms with Crippen molar-refractivity contribution >= 4 is 33.1 Å². The number of aromatic nitrogens is 3. The number of nitrogens with one attached hydrogen (secondary N) is 1. The topological polar surface area (TPSA) is 59.8 Å². The number of fused-ring (bicyclic) bond motifs is 1. The Hall–Kier alpha value is -2.21. The van der Waals surface area contributed by atoms with Crippen molar-refractivity contribution in [3.8, 4) is 0 Å². The van der Waals surface area contributed by atoms with E-state index in [4.69, 9.17) is 0 Å². The molecule has 0 atom stereocenters. The number of benzene rings is 1. The highest BCUT2D eigenvalue weighted by Crippen LogP contribution is 2.24. The van der Waals surface area contributed by atoms with Crippen molar-refractivity contribution in [1.82, 2.24) is 14.8 Å². The van der Waals surface area contributed by atoms with Gasteiger partial charge in [-0.2, -0.15) is 5.10 Å². The van der Waals surface area contributed by atoms with Crippen LogP contribution < -0.4 is 5.32 Å². The Labute approximate surface area is 120 Å². The average Bonchev–Trinajstić information content (AvgIpc) is 3.02. The molecule has 1 amide bonds. The summed E-state index contributed by atoms with van der Waals surface area (Å²) in [6, 6.07) is 7.48. The second-order valence-electron chi connectivity index (χ2n) is 4.40. The summed E-state index contributed by atoms with van der Waals surface area (Å²) in [6.07, 6.45) is 1.63. The minimum atomic E-state index is -0.157. The summed E-state index contributed by atoms with van der Waals surface area (Å²) in [5, 5.41) is 8.00. The lowest BCUT2D eigenvalue weighted by Crippen LogP contribution is -2.17. The Kier molecular flexibility index (Phi) is 3.23. The molecule has 0 radical (unpaired) electrons. The highest BCUT2D eigenvalue weighted by atomic mass is 32.1. The van der Waals surface area contributed by atoms with E-state index in [1.54, 1.807) is 28.3 Å². The molecule has 0 saturated carbocycles. The van der Waals surface area contributed by atoms with Gasteiger partial charge in [0.05, 0.1) is 15.2 Å². The third-order valence-electron chi connectivity index (χ3n) is 3.00. The van der Waals surface area contributed by atoms with Gasteiger partial charge in [-0.05, 0) is 38.1 Å². The third-order valence-corrected chi connectivity index (χ3v) is 3.95. The first-order valence-electron chi connectivity index (χ1n) is 6.37. The first-order chi connectivity index (χ1) is 9.67. The molecule has 0 unspecified atom stereocenters. The number of anilines is 1. The number of amides is 1. The molecular formula is C14H14N4OS. The summed E-state index contributed by atoms with van der Waals surface area (Å²) < 4.78 is 2.79. The zero-order valence-corrected chi connectivity index (χ0v) is 12.1. The van der Waals surface area contributed by atoms with Gasteiger partial charge >= 0.3 is 0 Å². The normalized spacial score (nSPS) is 10.9. The molecule has 5 nitrogen and oxygen atoms in total. The number of thiazole rings is 1. The van der Waals surface area contributed by atoms with Gasteiger partial charge in [-0.25, -0.2) is 4.98 Å². The predicted octanol–water partition coefficient (Wildman–Crippen LogP) is 3.07. The van der Waals surface area contributed by atoms with Crippen LogP contribution in [0.3, 0.4) is 0 Å². The lowest BCUT2D eigenvalue weighted by Gasteiger charge is -2.06. The molecule has 1 N–H and O–H groups in total. The van der Waals surface area contributed by atoms with Gasteiger partial charge in [0.15, 0.2) is 0 Å². The van der Waals surface area contributed by atoms with Gasteiger partial charge in [-0.15, -0.1) is 11.3 Å². The van der Waals surface area contributed by atoms with Gasteiger partial charge in [0.25, 0.3) is 5.91 Å². The fraction of sp³-hybridized carbons (Fsp3) is 0.214. The second-order valence-corrected chi connectivity index (χ2v) is 5.64. The van der Waals surface area contributed by atoms with Crippen LogP contribution in [0.2, 0.25) is 0 Å². The van der Waals surface area contributed by atoms with Gasteiger partial charge in [0.1, 0.15) is 5.69 Å². The lowest BCUT2D eigenvalue weighted by molar-refractivity contribution is 0.101. The zero-order valence-electron chi connectivity index (χ0n) is 11.3. The van der Waals surface area contributed by atoms with E-state index in [0.717, 1.165) is 20.9 Å². The maximum atomic E-state index is 12.2. The van der Waals surface area contributed by atoms with Gasteiger partial charge in [-0.3, -0.25) is 9.48 Å². The summed E-state index contributed by atoms with van der Waals surface area (Å²) in [5.41, 5.74) is 2.22. The van der Waals surface area contributed by atoms with Gasteiger partial charge in [0, 0.05) is 18.4 Å². The molecule has 0 aliphatic rings. The van der Waals surface area contributed by atoms with Crippen molar-refractivity contribution < 1.29 is 4.79 Å². The Balaban J connectivity index is 1.87. The van der Waals surface area contributed by atoms with Crippen LogP contribution in [0.4, 0.5) is 5.69 Å². The maximum absolute atomic E-state index is 12.2. The zero-order chi connectivity index (χ0) is 14.1. The first-order valence-corrected chi connectivity index (χ1v) is 7.19. The number of carbonyl (C=O) groups excluding carboxylic acids is 1. The van der Waals surface area contributed by atoms with E-state index in [1.807, 2.05) is 32.0 Å². The molecule has 0 spiro atoms. The fourth-order valence-corrected chi connectivity index (χ4v) is 2.90. The Bertz CT molecular complexity index is 774. The van der Waals surface area contributed by atoms with Crippen molar-refractivity contribution in [1.29, 1.82) is 0 Å². The number of hydrogen-bond donors (Lipinski definition) is 1. The van der Waals surface area contributed by atoms with E-state index >= 15 is 0 Å². The van der Waals surface area contributed by atoms with E-state index in [-0.39, 0.29) is 5.91 Å². The highest BCUT2D eigenvalue weighted by Gasteiger charge is 2.11.